The second-order valence-electron chi connectivity index (χ2n) is 4.90. The number of carbonyl (C=O) groups excluding carboxylic acids is 1. The number of rotatable bonds is 4. The van der Waals surface area contributed by atoms with Gasteiger partial charge in [0.05, 0.1) is 15.0 Å². The molecular weight excluding hydrogens is 316 g/mol. The molecule has 1 aromatic carbocycles. The van der Waals surface area contributed by atoms with Crippen molar-refractivity contribution in [2.75, 3.05) is 13.6 Å². The minimum atomic E-state index is -1.02. The first-order chi connectivity index (χ1) is 8.61. The third-order valence-electron chi connectivity index (χ3n) is 2.36. The van der Waals surface area contributed by atoms with Crippen LogP contribution in [-0.4, -0.2) is 40.0 Å². The number of nitro benzene ring substituents is 1. The predicted octanol–water partition coefficient (Wildman–Crippen LogP) is 2.20. The molecule has 19 heavy (non-hydrogen) atoms. The minimum absolute atomic E-state index is 0.135. The Morgan fingerprint density at radius 1 is 1.53 bits per heavy atom. The zero-order chi connectivity index (χ0) is 14.8. The molecule has 104 valence electrons. The quantitative estimate of drug-likeness (QED) is 0.677. The number of halogens is 1. The topological polar surface area (TPSA) is 83.7 Å². The molecular formula is C12H15BrN2O4. The summed E-state index contributed by atoms with van der Waals surface area (Å²) in [6.45, 7) is 3.30. The second kappa shape index (κ2) is 5.66. The fourth-order valence-corrected chi connectivity index (χ4v) is 2.05. The van der Waals surface area contributed by atoms with Gasteiger partial charge in [-0.25, -0.2) is 0 Å². The van der Waals surface area contributed by atoms with E-state index < -0.39 is 10.5 Å². The average molecular weight is 331 g/mol. The number of nitrogens with zero attached hydrogens (tertiary/aromatic N) is 2. The summed E-state index contributed by atoms with van der Waals surface area (Å²) in [5.41, 5.74) is -0.977. The molecule has 0 radical (unpaired) electrons. The molecule has 0 saturated carbocycles. The first-order valence-electron chi connectivity index (χ1n) is 5.53. The van der Waals surface area contributed by atoms with Crippen LogP contribution in [0.4, 0.5) is 5.69 Å². The molecule has 1 aromatic rings. The molecule has 0 bridgehead atoms. The molecule has 0 aliphatic rings. The van der Waals surface area contributed by atoms with Crippen molar-refractivity contribution in [2.24, 2.45) is 0 Å². The van der Waals surface area contributed by atoms with Crippen LogP contribution in [0, 0.1) is 10.1 Å². The van der Waals surface area contributed by atoms with Gasteiger partial charge in [-0.2, -0.15) is 0 Å². The Morgan fingerprint density at radius 2 is 2.11 bits per heavy atom. The molecule has 7 heteroatoms. The number of likely N-dealkylation sites (N-methyl/N-ethyl adjacent to an activating group) is 1. The smallest absolute Gasteiger partial charge is 0.284 e. The van der Waals surface area contributed by atoms with Gasteiger partial charge in [-0.3, -0.25) is 14.9 Å². The van der Waals surface area contributed by atoms with Crippen molar-refractivity contribution in [3.63, 3.8) is 0 Å². The Balaban J connectivity index is 3.01. The molecule has 0 unspecified atom stereocenters. The summed E-state index contributed by atoms with van der Waals surface area (Å²) < 4.78 is 0.319. The SMILES string of the molecule is CN(CC(C)(C)O)C(=O)c1ccc(Br)c([N+](=O)[O-])c1. The maximum atomic E-state index is 12.1. The highest BCUT2D eigenvalue weighted by atomic mass is 79.9. The number of aliphatic hydroxyl groups is 1. The molecule has 0 aliphatic heterocycles. The number of benzene rings is 1. The standard InChI is InChI=1S/C12H15BrN2O4/c1-12(2,17)7-14(3)11(16)8-4-5-9(13)10(6-8)15(18)19/h4-6,17H,7H2,1-3H3. The molecule has 6 nitrogen and oxygen atoms in total. The molecule has 0 saturated heterocycles. The third-order valence-corrected chi connectivity index (χ3v) is 3.03. The summed E-state index contributed by atoms with van der Waals surface area (Å²) in [6.07, 6.45) is 0. The van der Waals surface area contributed by atoms with Gasteiger partial charge in [0.25, 0.3) is 11.6 Å². The van der Waals surface area contributed by atoms with Crippen LogP contribution < -0.4 is 0 Å². The number of nitro groups is 1. The molecule has 0 spiro atoms. The molecule has 0 atom stereocenters. The van der Waals surface area contributed by atoms with Crippen LogP contribution in [0.3, 0.4) is 0 Å². The molecule has 1 rings (SSSR count). The van der Waals surface area contributed by atoms with Crippen LogP contribution in [0.25, 0.3) is 0 Å². The van der Waals surface area contributed by atoms with Gasteiger partial charge in [-0.05, 0) is 41.9 Å². The number of amides is 1. The normalized spacial score (nSPS) is 11.2. The van der Waals surface area contributed by atoms with E-state index in [0.29, 0.717) is 4.47 Å². The van der Waals surface area contributed by atoms with Crippen molar-refractivity contribution in [3.8, 4) is 0 Å². The van der Waals surface area contributed by atoms with Crippen LogP contribution >= 0.6 is 15.9 Å². The second-order valence-corrected chi connectivity index (χ2v) is 5.75. The number of carbonyl (C=O) groups is 1. The fourth-order valence-electron chi connectivity index (χ4n) is 1.66. The highest BCUT2D eigenvalue weighted by molar-refractivity contribution is 9.10. The van der Waals surface area contributed by atoms with Gasteiger partial charge in [-0.1, -0.05) is 0 Å². The van der Waals surface area contributed by atoms with Crippen molar-refractivity contribution >= 4 is 27.5 Å². The zero-order valence-electron chi connectivity index (χ0n) is 10.9. The van der Waals surface area contributed by atoms with Crippen LogP contribution in [0.5, 0.6) is 0 Å². The molecule has 1 N–H and O–H groups in total. The summed E-state index contributed by atoms with van der Waals surface area (Å²) in [6, 6.07) is 4.18. The summed E-state index contributed by atoms with van der Waals surface area (Å²) in [4.78, 5) is 23.7. The Labute approximate surface area is 119 Å². The summed E-state index contributed by atoms with van der Waals surface area (Å²) in [5, 5.41) is 20.5. The summed E-state index contributed by atoms with van der Waals surface area (Å²) >= 11 is 3.06. The van der Waals surface area contributed by atoms with E-state index in [2.05, 4.69) is 15.9 Å². The fraction of sp³-hybridized carbons (Fsp3) is 0.417. The maximum absolute atomic E-state index is 12.1. The van der Waals surface area contributed by atoms with Gasteiger partial charge in [0.2, 0.25) is 0 Å². The molecule has 0 fully saturated rings. The number of hydrogen-bond acceptors (Lipinski definition) is 4. The van der Waals surface area contributed by atoms with E-state index in [-0.39, 0.29) is 23.7 Å². The lowest BCUT2D eigenvalue weighted by atomic mass is 10.1. The monoisotopic (exact) mass is 330 g/mol. The van der Waals surface area contributed by atoms with E-state index in [1.54, 1.807) is 13.8 Å². The Bertz CT molecular complexity index is 511. The van der Waals surface area contributed by atoms with E-state index in [0.717, 1.165) is 0 Å². The number of hydrogen-bond donors (Lipinski definition) is 1. The lowest BCUT2D eigenvalue weighted by molar-refractivity contribution is -0.385. The summed E-state index contributed by atoms with van der Waals surface area (Å²) in [7, 11) is 1.54. The van der Waals surface area contributed by atoms with E-state index in [1.807, 2.05) is 0 Å². The van der Waals surface area contributed by atoms with E-state index >= 15 is 0 Å². The van der Waals surface area contributed by atoms with Crippen LogP contribution in [0.1, 0.15) is 24.2 Å². The Hall–Kier alpha value is -1.47. The van der Waals surface area contributed by atoms with E-state index in [9.17, 15) is 20.0 Å². The van der Waals surface area contributed by atoms with Crippen molar-refractivity contribution in [1.29, 1.82) is 0 Å². The lowest BCUT2D eigenvalue weighted by Gasteiger charge is -2.25. The van der Waals surface area contributed by atoms with Gasteiger partial charge in [0, 0.05) is 25.2 Å². The lowest BCUT2D eigenvalue weighted by Crippen LogP contribution is -2.39. The van der Waals surface area contributed by atoms with Crippen molar-refractivity contribution in [2.45, 2.75) is 19.4 Å². The first-order valence-corrected chi connectivity index (χ1v) is 6.33. The highest BCUT2D eigenvalue weighted by Gasteiger charge is 2.22. The Kier molecular flexibility index (Phi) is 4.65. The molecule has 0 aliphatic carbocycles. The molecule has 0 aromatic heterocycles. The van der Waals surface area contributed by atoms with Crippen molar-refractivity contribution in [3.05, 3.63) is 38.3 Å². The molecule has 1 amide bonds. The average Bonchev–Trinajstić information content (AvgIpc) is 2.26. The van der Waals surface area contributed by atoms with Gasteiger partial charge >= 0.3 is 0 Å². The van der Waals surface area contributed by atoms with E-state index in [1.165, 1.54) is 30.1 Å². The first kappa shape index (κ1) is 15.6. The summed E-state index contributed by atoms with van der Waals surface area (Å²) in [5.74, 6) is -0.377. The maximum Gasteiger partial charge on any atom is 0.284 e. The van der Waals surface area contributed by atoms with Gasteiger partial charge in [-0.15, -0.1) is 0 Å². The van der Waals surface area contributed by atoms with Crippen molar-refractivity contribution in [1.82, 2.24) is 4.90 Å². The predicted molar refractivity (Wildman–Crippen MR) is 74.1 cm³/mol. The third kappa shape index (κ3) is 4.29. The van der Waals surface area contributed by atoms with Gasteiger partial charge in [0.15, 0.2) is 0 Å². The highest BCUT2D eigenvalue weighted by Crippen LogP contribution is 2.26. The van der Waals surface area contributed by atoms with Crippen LogP contribution in [-0.2, 0) is 0 Å². The van der Waals surface area contributed by atoms with E-state index in [4.69, 9.17) is 0 Å². The van der Waals surface area contributed by atoms with Gasteiger partial charge < -0.3 is 10.0 Å². The molecule has 0 heterocycles. The van der Waals surface area contributed by atoms with Crippen molar-refractivity contribution < 1.29 is 14.8 Å². The van der Waals surface area contributed by atoms with Crippen LogP contribution in [0.2, 0.25) is 0 Å². The largest absolute Gasteiger partial charge is 0.389 e. The Morgan fingerprint density at radius 3 is 2.58 bits per heavy atom. The zero-order valence-corrected chi connectivity index (χ0v) is 12.5. The van der Waals surface area contributed by atoms with Gasteiger partial charge in [0.1, 0.15) is 0 Å². The minimum Gasteiger partial charge on any atom is -0.389 e. The van der Waals surface area contributed by atoms with Crippen LogP contribution in [0.15, 0.2) is 22.7 Å².